The molecule has 0 bridgehead atoms. The number of nitrogens with one attached hydrogen (secondary N) is 1. The highest BCUT2D eigenvalue weighted by Crippen LogP contribution is 2.24. The Morgan fingerprint density at radius 1 is 1.14 bits per heavy atom. The third kappa shape index (κ3) is 2.28. The maximum Gasteiger partial charge on any atom is 0.244 e. The second-order valence-electron chi connectivity index (χ2n) is 5.20. The zero-order valence-electron chi connectivity index (χ0n) is 11.2. The molecule has 1 fully saturated rings. The second-order valence-corrected chi connectivity index (χ2v) is 5.20. The Labute approximate surface area is 120 Å². The molecule has 0 spiro atoms. The molecule has 2 aromatic heterocycles. The van der Waals surface area contributed by atoms with E-state index < -0.39 is 0 Å². The number of fused-ring (bicyclic) bond motifs is 1. The molecule has 4 rings (SSSR count). The van der Waals surface area contributed by atoms with Gasteiger partial charge in [-0.15, -0.1) is 0 Å². The molecule has 1 aliphatic heterocycles. The SMILES string of the molecule is OC1CNC(c2nc(-c3ccc4ccccc4n3)no2)C1. The molecule has 3 heterocycles. The van der Waals surface area contributed by atoms with Crippen LogP contribution in [0.2, 0.25) is 0 Å². The molecular weight excluding hydrogens is 268 g/mol. The highest BCUT2D eigenvalue weighted by Gasteiger charge is 2.28. The van der Waals surface area contributed by atoms with Crippen molar-refractivity contribution in [3.63, 3.8) is 0 Å². The number of benzene rings is 1. The van der Waals surface area contributed by atoms with Crippen LogP contribution in [0.15, 0.2) is 40.9 Å². The van der Waals surface area contributed by atoms with Gasteiger partial charge in [-0.05, 0) is 18.6 Å². The standard InChI is InChI=1S/C15H14N4O2/c20-10-7-13(16-8-10)15-18-14(19-21-15)12-6-5-9-3-1-2-4-11(9)17-12/h1-6,10,13,16,20H,7-8H2. The molecule has 1 saturated heterocycles. The zero-order chi connectivity index (χ0) is 14.2. The summed E-state index contributed by atoms with van der Waals surface area (Å²) < 4.78 is 5.29. The second kappa shape index (κ2) is 4.91. The van der Waals surface area contributed by atoms with Crippen molar-refractivity contribution in [1.29, 1.82) is 0 Å². The largest absolute Gasteiger partial charge is 0.392 e. The summed E-state index contributed by atoms with van der Waals surface area (Å²) in [4.78, 5) is 8.94. The number of rotatable bonds is 2. The van der Waals surface area contributed by atoms with Gasteiger partial charge in [0.05, 0.1) is 17.7 Å². The summed E-state index contributed by atoms with van der Waals surface area (Å²) in [6, 6.07) is 11.7. The van der Waals surface area contributed by atoms with Crippen LogP contribution in [0, 0.1) is 0 Å². The molecule has 1 aliphatic rings. The van der Waals surface area contributed by atoms with E-state index in [1.165, 1.54) is 0 Å². The molecule has 0 amide bonds. The first-order chi connectivity index (χ1) is 10.3. The number of aliphatic hydroxyl groups is 1. The Morgan fingerprint density at radius 3 is 2.90 bits per heavy atom. The topological polar surface area (TPSA) is 84.1 Å². The number of pyridine rings is 1. The van der Waals surface area contributed by atoms with E-state index in [0.29, 0.717) is 30.4 Å². The molecule has 0 aliphatic carbocycles. The van der Waals surface area contributed by atoms with Crippen LogP contribution in [-0.4, -0.2) is 32.9 Å². The quantitative estimate of drug-likeness (QED) is 0.744. The van der Waals surface area contributed by atoms with Gasteiger partial charge in [0.25, 0.3) is 0 Å². The van der Waals surface area contributed by atoms with Crippen molar-refractivity contribution in [2.45, 2.75) is 18.6 Å². The summed E-state index contributed by atoms with van der Waals surface area (Å²) >= 11 is 0. The molecule has 2 N–H and O–H groups in total. The normalized spacial score (nSPS) is 22.0. The fourth-order valence-corrected chi connectivity index (χ4v) is 2.58. The lowest BCUT2D eigenvalue weighted by Gasteiger charge is -2.01. The number of aliphatic hydroxyl groups excluding tert-OH is 1. The van der Waals surface area contributed by atoms with Crippen LogP contribution < -0.4 is 5.32 Å². The van der Waals surface area contributed by atoms with Crippen LogP contribution in [0.5, 0.6) is 0 Å². The van der Waals surface area contributed by atoms with Gasteiger partial charge in [0.1, 0.15) is 5.69 Å². The Hall–Kier alpha value is -2.31. The molecule has 21 heavy (non-hydrogen) atoms. The summed E-state index contributed by atoms with van der Waals surface area (Å²) in [6.45, 7) is 0.552. The van der Waals surface area contributed by atoms with Gasteiger partial charge in [0.15, 0.2) is 0 Å². The lowest BCUT2D eigenvalue weighted by Crippen LogP contribution is -2.15. The summed E-state index contributed by atoms with van der Waals surface area (Å²) in [5, 5.41) is 17.8. The van der Waals surface area contributed by atoms with Crippen molar-refractivity contribution in [2.24, 2.45) is 0 Å². The van der Waals surface area contributed by atoms with E-state index in [9.17, 15) is 5.11 Å². The maximum absolute atomic E-state index is 9.54. The number of hydrogen-bond donors (Lipinski definition) is 2. The minimum atomic E-state index is -0.357. The minimum absolute atomic E-state index is 0.0818. The Morgan fingerprint density at radius 2 is 2.05 bits per heavy atom. The number of aromatic nitrogens is 3. The van der Waals surface area contributed by atoms with Crippen LogP contribution in [0.25, 0.3) is 22.4 Å². The van der Waals surface area contributed by atoms with Gasteiger partial charge in [-0.2, -0.15) is 4.98 Å². The smallest absolute Gasteiger partial charge is 0.244 e. The molecule has 0 radical (unpaired) electrons. The number of β-amino-alcohol motifs (C(OH)–C–C–N with tert-alkyl or cyclic N) is 1. The molecule has 2 atom stereocenters. The van der Waals surface area contributed by atoms with Crippen LogP contribution >= 0.6 is 0 Å². The molecule has 0 saturated carbocycles. The van der Waals surface area contributed by atoms with Gasteiger partial charge >= 0.3 is 0 Å². The third-order valence-electron chi connectivity index (χ3n) is 3.68. The monoisotopic (exact) mass is 282 g/mol. The summed E-state index contributed by atoms with van der Waals surface area (Å²) in [7, 11) is 0. The van der Waals surface area contributed by atoms with E-state index in [1.54, 1.807) is 0 Å². The molecule has 1 aromatic carbocycles. The fourth-order valence-electron chi connectivity index (χ4n) is 2.58. The van der Waals surface area contributed by atoms with Crippen molar-refractivity contribution in [3.05, 3.63) is 42.3 Å². The summed E-state index contributed by atoms with van der Waals surface area (Å²) in [5.41, 5.74) is 1.58. The van der Waals surface area contributed by atoms with Crippen molar-refractivity contribution in [2.75, 3.05) is 6.54 Å². The average molecular weight is 282 g/mol. The van der Waals surface area contributed by atoms with Crippen LogP contribution in [-0.2, 0) is 0 Å². The van der Waals surface area contributed by atoms with Crippen LogP contribution in [0.1, 0.15) is 18.4 Å². The van der Waals surface area contributed by atoms with Gasteiger partial charge in [-0.25, -0.2) is 4.98 Å². The molecule has 3 aromatic rings. The minimum Gasteiger partial charge on any atom is -0.392 e. The van der Waals surface area contributed by atoms with Gasteiger partial charge in [-0.3, -0.25) is 0 Å². The summed E-state index contributed by atoms with van der Waals surface area (Å²) in [5.74, 6) is 0.968. The van der Waals surface area contributed by atoms with E-state index >= 15 is 0 Å². The summed E-state index contributed by atoms with van der Waals surface area (Å²) in [6.07, 6.45) is 0.233. The predicted molar refractivity (Wildman–Crippen MR) is 76.4 cm³/mol. The molecule has 6 heteroatoms. The van der Waals surface area contributed by atoms with Crippen molar-refractivity contribution in [3.8, 4) is 11.5 Å². The van der Waals surface area contributed by atoms with Crippen LogP contribution in [0.3, 0.4) is 0 Å². The van der Waals surface area contributed by atoms with E-state index in [0.717, 1.165) is 10.9 Å². The molecule has 6 nitrogen and oxygen atoms in total. The highest BCUT2D eigenvalue weighted by atomic mass is 16.5. The van der Waals surface area contributed by atoms with E-state index in [4.69, 9.17) is 4.52 Å². The first kappa shape index (κ1) is 12.4. The average Bonchev–Trinajstić information content (AvgIpc) is 3.15. The number of nitrogens with zero attached hydrogens (tertiary/aromatic N) is 3. The van der Waals surface area contributed by atoms with Crippen molar-refractivity contribution < 1.29 is 9.63 Å². The highest BCUT2D eigenvalue weighted by molar-refractivity contribution is 5.80. The zero-order valence-corrected chi connectivity index (χ0v) is 11.2. The Balaban J connectivity index is 1.67. The third-order valence-corrected chi connectivity index (χ3v) is 3.68. The Bertz CT molecular complexity index is 786. The molecule has 2 unspecified atom stereocenters. The van der Waals surface area contributed by atoms with E-state index in [1.807, 2.05) is 36.4 Å². The van der Waals surface area contributed by atoms with Crippen molar-refractivity contribution >= 4 is 10.9 Å². The fraction of sp³-hybridized carbons (Fsp3) is 0.267. The lowest BCUT2D eigenvalue weighted by molar-refractivity contribution is 0.191. The number of hydrogen-bond acceptors (Lipinski definition) is 6. The molecule has 106 valence electrons. The van der Waals surface area contributed by atoms with Crippen LogP contribution in [0.4, 0.5) is 0 Å². The number of para-hydroxylation sites is 1. The molecular formula is C15H14N4O2. The maximum atomic E-state index is 9.54. The Kier molecular flexibility index (Phi) is 2.90. The van der Waals surface area contributed by atoms with Gasteiger partial charge in [-0.1, -0.05) is 29.4 Å². The lowest BCUT2D eigenvalue weighted by atomic mass is 10.2. The van der Waals surface area contributed by atoms with Gasteiger partial charge in [0, 0.05) is 11.9 Å². The van der Waals surface area contributed by atoms with E-state index in [2.05, 4.69) is 20.4 Å². The van der Waals surface area contributed by atoms with Gasteiger partial charge < -0.3 is 14.9 Å². The first-order valence-electron chi connectivity index (χ1n) is 6.91. The van der Waals surface area contributed by atoms with E-state index in [-0.39, 0.29) is 12.1 Å². The predicted octanol–water partition coefficient (Wildman–Crippen LogP) is 1.68. The van der Waals surface area contributed by atoms with Gasteiger partial charge in [0.2, 0.25) is 11.7 Å². The van der Waals surface area contributed by atoms with Crippen molar-refractivity contribution in [1.82, 2.24) is 20.4 Å². The first-order valence-corrected chi connectivity index (χ1v) is 6.91.